The normalized spacial score (nSPS) is 12.1. The Morgan fingerprint density at radius 3 is 1.18 bits per heavy atom. The fourth-order valence-electron chi connectivity index (χ4n) is 7.08. The molecule has 0 amide bonds. The zero-order valence-corrected chi connectivity index (χ0v) is 30.7. The van der Waals surface area contributed by atoms with Crippen LogP contribution in [0.2, 0.25) is 0 Å². The second-order valence-corrected chi connectivity index (χ2v) is 17.8. The van der Waals surface area contributed by atoms with Crippen molar-refractivity contribution in [3.63, 3.8) is 0 Å². The third-order valence-electron chi connectivity index (χ3n) is 9.76. The van der Waals surface area contributed by atoms with Gasteiger partial charge in [0.2, 0.25) is 0 Å². The minimum atomic E-state index is 0.420. The summed E-state index contributed by atoms with van der Waals surface area (Å²) in [4.78, 5) is 0. The van der Waals surface area contributed by atoms with E-state index < -0.39 is 0 Å². The summed E-state index contributed by atoms with van der Waals surface area (Å²) in [6.45, 7) is 4.60. The number of hydrogen-bond acceptors (Lipinski definition) is 0. The summed E-state index contributed by atoms with van der Waals surface area (Å²) < 4.78 is 6.60. The first kappa shape index (κ1) is 32.1. The number of rotatable bonds is 18. The first-order valence-corrected chi connectivity index (χ1v) is 21.4. The van der Waals surface area contributed by atoms with Crippen molar-refractivity contribution in [1.82, 2.24) is 0 Å². The summed E-state index contributed by atoms with van der Waals surface area (Å²) in [7, 11) is 0. The second kappa shape index (κ2) is 16.1. The number of unbranched alkanes of at least 4 members (excludes halogenated alkanes) is 14. The average molecular weight is 715 g/mol. The van der Waals surface area contributed by atoms with Crippen LogP contribution < -0.4 is 0 Å². The van der Waals surface area contributed by atoms with E-state index in [-0.39, 0.29) is 0 Å². The molecule has 4 aromatic carbocycles. The molecule has 0 fully saturated rings. The van der Waals surface area contributed by atoms with Crippen LogP contribution in [0.25, 0.3) is 49.4 Å². The zero-order chi connectivity index (χ0) is 30.1. The predicted octanol–water partition coefficient (Wildman–Crippen LogP) is 12.9. The summed E-state index contributed by atoms with van der Waals surface area (Å²) in [5, 5.41) is 8.90. The average Bonchev–Trinajstić information content (AvgIpc) is 3.56. The second-order valence-electron chi connectivity index (χ2n) is 13.4. The number of hydrogen-bond donors (Lipinski definition) is 0. The Hall–Kier alpha value is -1.82. The molecule has 0 unspecified atom stereocenters. The van der Waals surface area contributed by atoms with Gasteiger partial charge in [0.15, 0.2) is 0 Å². The van der Waals surface area contributed by atoms with E-state index in [1.54, 1.807) is 27.8 Å². The molecule has 0 spiro atoms. The molecule has 2 heterocycles. The molecule has 0 aliphatic carbocycles. The molecule has 2 aromatic heterocycles. The Bertz CT molecular complexity index is 1670. The topological polar surface area (TPSA) is 0 Å². The fourth-order valence-corrected chi connectivity index (χ4v) is 13.5. The van der Waals surface area contributed by atoms with E-state index in [0.717, 1.165) is 0 Å². The van der Waals surface area contributed by atoms with Gasteiger partial charge in [-0.25, -0.2) is 0 Å². The molecule has 0 radical (unpaired) electrons. The van der Waals surface area contributed by atoms with Crippen LogP contribution in [-0.4, -0.2) is 29.0 Å². The molecule has 0 aliphatic rings. The molecular weight excluding hydrogens is 662 g/mol. The van der Waals surface area contributed by atoms with Crippen molar-refractivity contribution in [3.8, 4) is 0 Å². The molecule has 44 heavy (non-hydrogen) atoms. The summed E-state index contributed by atoms with van der Waals surface area (Å²) >= 11 is 0.841. The van der Waals surface area contributed by atoms with E-state index in [0.29, 0.717) is 29.0 Å². The van der Waals surface area contributed by atoms with Gasteiger partial charge in [0.25, 0.3) is 0 Å². The number of aryl methyl sites for hydroxylation is 2. The zero-order valence-electron chi connectivity index (χ0n) is 27.3. The molecule has 0 bridgehead atoms. The van der Waals surface area contributed by atoms with E-state index in [1.165, 1.54) is 148 Å². The van der Waals surface area contributed by atoms with Crippen LogP contribution in [0.1, 0.15) is 128 Å². The third kappa shape index (κ3) is 7.93. The van der Waals surface area contributed by atoms with Gasteiger partial charge >= 0.3 is 240 Å². The van der Waals surface area contributed by atoms with Crippen LogP contribution in [-0.2, 0) is 12.8 Å². The maximum absolute atomic E-state index is 2.55. The first-order chi connectivity index (χ1) is 21.7. The van der Waals surface area contributed by atoms with Crippen LogP contribution in [0, 0.1) is 0 Å². The number of fused-ring (bicyclic) bond motifs is 7. The van der Waals surface area contributed by atoms with Crippen molar-refractivity contribution >= 4 is 78.4 Å². The fraction of sp³-hybridized carbons (Fsp3) is 0.476. The first-order valence-electron chi connectivity index (χ1n) is 18.0. The monoisotopic (exact) mass is 716 g/mol. The van der Waals surface area contributed by atoms with Crippen molar-refractivity contribution in [1.29, 1.82) is 0 Å². The van der Waals surface area contributed by atoms with E-state index in [2.05, 4.69) is 74.5 Å². The van der Waals surface area contributed by atoms with Gasteiger partial charge in [0.1, 0.15) is 0 Å². The molecule has 232 valence electrons. The van der Waals surface area contributed by atoms with Crippen LogP contribution in [0.3, 0.4) is 0 Å². The molecule has 6 aromatic rings. The Balaban J connectivity index is 1.13. The van der Waals surface area contributed by atoms with Crippen LogP contribution in [0.4, 0.5) is 0 Å². The van der Waals surface area contributed by atoms with E-state index >= 15 is 0 Å². The Morgan fingerprint density at radius 2 is 0.773 bits per heavy atom. The van der Waals surface area contributed by atoms with Gasteiger partial charge in [-0.3, -0.25) is 0 Å². The summed E-state index contributed by atoms with van der Waals surface area (Å²) in [5.41, 5.74) is 3.05. The quantitative estimate of drug-likeness (QED) is 0.0614. The SMILES string of the molecule is CCCCCCCCCCc1ccc2cc3c(cc2c1)[se]c1c2cc4ccc(CCCCCCCCCC)cc4cc2[se]c31. The molecule has 0 aliphatic heterocycles. The molecule has 2 heteroatoms. The maximum atomic E-state index is 2.55. The van der Waals surface area contributed by atoms with Crippen molar-refractivity contribution in [2.45, 2.75) is 129 Å². The van der Waals surface area contributed by atoms with Crippen molar-refractivity contribution in [2.24, 2.45) is 0 Å². The third-order valence-corrected chi connectivity index (χ3v) is 15.4. The van der Waals surface area contributed by atoms with E-state index in [4.69, 9.17) is 0 Å². The number of benzene rings is 4. The molecule has 0 N–H and O–H groups in total. The molecule has 0 saturated heterocycles. The van der Waals surface area contributed by atoms with Gasteiger partial charge in [-0.05, 0) is 0 Å². The standard InChI is InChI=1S/C42H52Se2/c1-3-5-7-9-11-13-15-17-19-31-21-23-33-27-37-39(29-35(33)25-31)43-42-38-28-34-24-22-32(20-18-16-14-12-10-8-6-4-2)26-36(34)30-40(38)44-41(37)42/h21-30H,3-20H2,1-2H3. The van der Waals surface area contributed by atoms with Gasteiger partial charge in [-0.15, -0.1) is 0 Å². The van der Waals surface area contributed by atoms with Crippen molar-refractivity contribution in [3.05, 3.63) is 71.8 Å². The van der Waals surface area contributed by atoms with Gasteiger partial charge in [-0.2, -0.15) is 0 Å². The predicted molar refractivity (Wildman–Crippen MR) is 200 cm³/mol. The van der Waals surface area contributed by atoms with Crippen molar-refractivity contribution in [2.75, 3.05) is 0 Å². The van der Waals surface area contributed by atoms with Crippen LogP contribution >= 0.6 is 0 Å². The Kier molecular flexibility index (Phi) is 11.8. The van der Waals surface area contributed by atoms with Gasteiger partial charge < -0.3 is 0 Å². The molecule has 0 atom stereocenters. The summed E-state index contributed by atoms with van der Waals surface area (Å²) in [5.74, 6) is 0. The van der Waals surface area contributed by atoms with Crippen LogP contribution in [0.15, 0.2) is 60.7 Å². The van der Waals surface area contributed by atoms with Gasteiger partial charge in [0.05, 0.1) is 0 Å². The van der Waals surface area contributed by atoms with E-state index in [1.807, 2.05) is 0 Å². The van der Waals surface area contributed by atoms with Crippen molar-refractivity contribution < 1.29 is 0 Å². The van der Waals surface area contributed by atoms with Crippen LogP contribution in [0.5, 0.6) is 0 Å². The summed E-state index contributed by atoms with van der Waals surface area (Å²) in [6.07, 6.45) is 24.7. The Labute approximate surface area is 278 Å². The molecule has 6 rings (SSSR count). The Morgan fingerprint density at radius 1 is 0.386 bits per heavy atom. The molecular formula is C42H52Se2. The minimum absolute atomic E-state index is 0.420. The summed E-state index contributed by atoms with van der Waals surface area (Å²) in [6, 6.07) is 24.8. The van der Waals surface area contributed by atoms with E-state index in [9.17, 15) is 0 Å². The van der Waals surface area contributed by atoms with Gasteiger partial charge in [-0.1, -0.05) is 39.5 Å². The molecule has 0 saturated carbocycles. The molecule has 0 nitrogen and oxygen atoms in total. The van der Waals surface area contributed by atoms with Gasteiger partial charge in [0, 0.05) is 0 Å².